The molecule has 1 fully saturated rings. The first-order valence-corrected chi connectivity index (χ1v) is 4.73. The molecule has 88 valence electrons. The summed E-state index contributed by atoms with van der Waals surface area (Å²) in [6, 6.07) is -0.0324. The van der Waals surface area contributed by atoms with Gasteiger partial charge in [0.2, 0.25) is 0 Å². The second-order valence-electron chi connectivity index (χ2n) is 2.95. The number of methoxy groups -OCH3 is 2. The van der Waals surface area contributed by atoms with Crippen molar-refractivity contribution < 1.29 is 19.1 Å². The van der Waals surface area contributed by atoms with Crippen LogP contribution >= 0.6 is 0 Å². The van der Waals surface area contributed by atoms with Crippen LogP contribution in [0.25, 0.3) is 0 Å². The molecule has 0 aromatic heterocycles. The first-order chi connectivity index (χ1) is 7.15. The summed E-state index contributed by atoms with van der Waals surface area (Å²) in [5.74, 6) is -0.512. The number of esters is 2. The Labute approximate surface area is 89.1 Å². The van der Waals surface area contributed by atoms with Gasteiger partial charge in [-0.05, 0) is 19.4 Å². The van der Waals surface area contributed by atoms with E-state index in [1.54, 1.807) is 0 Å². The zero-order valence-corrected chi connectivity index (χ0v) is 9.12. The normalized spacial score (nSPS) is 18.7. The maximum Gasteiger partial charge on any atom is 0.322 e. The van der Waals surface area contributed by atoms with Gasteiger partial charge in [-0.1, -0.05) is 0 Å². The molecule has 0 amide bonds. The molecule has 0 spiro atoms. The third-order valence-corrected chi connectivity index (χ3v) is 1.94. The Morgan fingerprint density at radius 2 is 2.07 bits per heavy atom. The molecule has 1 aliphatic heterocycles. The molecule has 1 rings (SSSR count). The molecule has 0 aromatic carbocycles. The molecule has 1 atom stereocenters. The minimum Gasteiger partial charge on any atom is -0.468 e. The van der Waals surface area contributed by atoms with Crippen LogP contribution in [-0.4, -0.2) is 45.3 Å². The van der Waals surface area contributed by atoms with Gasteiger partial charge in [0.1, 0.15) is 6.04 Å². The second-order valence-corrected chi connectivity index (χ2v) is 2.95. The number of carbonyl (C=O) groups is 2. The Bertz CT molecular complexity index is 196. The molecule has 1 aliphatic rings. The Hall–Kier alpha value is -1.14. The summed E-state index contributed by atoms with van der Waals surface area (Å²) in [6.07, 6.45) is 2.01. The van der Waals surface area contributed by atoms with E-state index in [0.717, 1.165) is 19.4 Å². The molecule has 0 aliphatic carbocycles. The predicted molar refractivity (Wildman–Crippen MR) is 54.1 cm³/mol. The van der Waals surface area contributed by atoms with E-state index in [-0.39, 0.29) is 24.5 Å². The standard InChI is InChI=1S/C6H11NO2.C3H7NO2/c1-9-6(8)5-3-2-4-7-5;1-6-3(5)2-4/h5,7H,2-4H2,1H3;2,4H2,1H3. The van der Waals surface area contributed by atoms with E-state index >= 15 is 0 Å². The number of hydrogen-bond acceptors (Lipinski definition) is 6. The number of rotatable bonds is 2. The van der Waals surface area contributed by atoms with E-state index in [0.29, 0.717) is 0 Å². The fraction of sp³-hybridized carbons (Fsp3) is 0.778. The molecule has 0 bridgehead atoms. The Morgan fingerprint density at radius 3 is 2.33 bits per heavy atom. The van der Waals surface area contributed by atoms with Crippen LogP contribution in [0, 0.1) is 0 Å². The molecule has 6 nitrogen and oxygen atoms in total. The van der Waals surface area contributed by atoms with Crippen molar-refractivity contribution in [3.8, 4) is 0 Å². The van der Waals surface area contributed by atoms with Gasteiger partial charge in [-0.15, -0.1) is 0 Å². The van der Waals surface area contributed by atoms with Gasteiger partial charge in [-0.3, -0.25) is 9.59 Å². The minimum atomic E-state index is -0.380. The molecule has 0 radical (unpaired) electrons. The number of ether oxygens (including phenoxy) is 2. The van der Waals surface area contributed by atoms with Crippen LogP contribution in [0.5, 0.6) is 0 Å². The average molecular weight is 218 g/mol. The summed E-state index contributed by atoms with van der Waals surface area (Å²) < 4.78 is 8.67. The molecule has 0 saturated carbocycles. The average Bonchev–Trinajstić information content (AvgIpc) is 2.81. The van der Waals surface area contributed by atoms with Crippen molar-refractivity contribution in [1.82, 2.24) is 5.32 Å². The van der Waals surface area contributed by atoms with E-state index in [1.165, 1.54) is 14.2 Å². The third-order valence-electron chi connectivity index (χ3n) is 1.94. The van der Waals surface area contributed by atoms with Crippen molar-refractivity contribution >= 4 is 11.9 Å². The van der Waals surface area contributed by atoms with Gasteiger partial charge >= 0.3 is 11.9 Å². The van der Waals surface area contributed by atoms with Crippen molar-refractivity contribution in [2.24, 2.45) is 5.73 Å². The third kappa shape index (κ3) is 6.03. The SMILES string of the molecule is COC(=O)C1CCCN1.COC(=O)CN. The summed E-state index contributed by atoms with van der Waals surface area (Å²) in [5, 5.41) is 3.03. The van der Waals surface area contributed by atoms with Gasteiger partial charge < -0.3 is 20.5 Å². The molecule has 1 unspecified atom stereocenters. The van der Waals surface area contributed by atoms with Crippen LogP contribution in [-0.2, 0) is 19.1 Å². The van der Waals surface area contributed by atoms with E-state index in [4.69, 9.17) is 5.73 Å². The monoisotopic (exact) mass is 218 g/mol. The zero-order valence-electron chi connectivity index (χ0n) is 9.12. The summed E-state index contributed by atoms with van der Waals surface area (Å²) in [7, 11) is 2.72. The molecule has 3 N–H and O–H groups in total. The van der Waals surface area contributed by atoms with Gasteiger partial charge in [0, 0.05) is 0 Å². The van der Waals surface area contributed by atoms with Crippen LogP contribution in [0.3, 0.4) is 0 Å². The summed E-state index contributed by atoms with van der Waals surface area (Å²) in [4.78, 5) is 20.6. The maximum absolute atomic E-state index is 10.7. The van der Waals surface area contributed by atoms with Gasteiger partial charge in [0.25, 0.3) is 0 Å². The molecular formula is C9H18N2O4. The van der Waals surface area contributed by atoms with Crippen molar-refractivity contribution in [2.75, 3.05) is 27.3 Å². The number of nitrogens with one attached hydrogen (secondary N) is 1. The lowest BCUT2D eigenvalue weighted by Crippen LogP contribution is -2.31. The van der Waals surface area contributed by atoms with Crippen molar-refractivity contribution in [1.29, 1.82) is 0 Å². The van der Waals surface area contributed by atoms with Crippen LogP contribution in [0.15, 0.2) is 0 Å². The van der Waals surface area contributed by atoms with E-state index in [9.17, 15) is 9.59 Å². The smallest absolute Gasteiger partial charge is 0.322 e. The first kappa shape index (κ1) is 13.9. The van der Waals surface area contributed by atoms with Crippen LogP contribution in [0.4, 0.5) is 0 Å². The number of hydrogen-bond donors (Lipinski definition) is 2. The van der Waals surface area contributed by atoms with Gasteiger partial charge in [-0.25, -0.2) is 0 Å². The lowest BCUT2D eigenvalue weighted by molar-refractivity contribution is -0.142. The highest BCUT2D eigenvalue weighted by atomic mass is 16.5. The lowest BCUT2D eigenvalue weighted by Gasteiger charge is -2.04. The summed E-state index contributed by atoms with van der Waals surface area (Å²) in [6.45, 7) is 0.913. The van der Waals surface area contributed by atoms with Crippen LogP contribution < -0.4 is 11.1 Å². The number of carbonyl (C=O) groups excluding carboxylic acids is 2. The van der Waals surface area contributed by atoms with E-state index < -0.39 is 0 Å². The largest absolute Gasteiger partial charge is 0.468 e. The van der Waals surface area contributed by atoms with Gasteiger partial charge in [-0.2, -0.15) is 0 Å². The topological polar surface area (TPSA) is 90.6 Å². The second kappa shape index (κ2) is 8.19. The highest BCUT2D eigenvalue weighted by Crippen LogP contribution is 2.05. The fourth-order valence-corrected chi connectivity index (χ4v) is 1.11. The Morgan fingerprint density at radius 1 is 1.40 bits per heavy atom. The van der Waals surface area contributed by atoms with Crippen LogP contribution in [0.1, 0.15) is 12.8 Å². The highest BCUT2D eigenvalue weighted by Gasteiger charge is 2.21. The van der Waals surface area contributed by atoms with Crippen molar-refractivity contribution in [2.45, 2.75) is 18.9 Å². The number of nitrogens with two attached hydrogens (primary N) is 1. The minimum absolute atomic E-state index is 0.0312. The highest BCUT2D eigenvalue weighted by molar-refractivity contribution is 5.75. The molecule has 6 heteroatoms. The van der Waals surface area contributed by atoms with E-state index in [1.807, 2.05) is 0 Å². The summed E-state index contributed by atoms with van der Waals surface area (Å²) in [5.41, 5.74) is 4.81. The lowest BCUT2D eigenvalue weighted by atomic mass is 10.2. The zero-order chi connectivity index (χ0) is 11.7. The first-order valence-electron chi connectivity index (χ1n) is 4.73. The molecule has 0 aromatic rings. The molecular weight excluding hydrogens is 200 g/mol. The quantitative estimate of drug-likeness (QED) is 0.579. The predicted octanol–water partition coefficient (Wildman–Crippen LogP) is -0.970. The summed E-state index contributed by atoms with van der Waals surface area (Å²) >= 11 is 0. The maximum atomic E-state index is 10.7. The van der Waals surface area contributed by atoms with Gasteiger partial charge in [0.15, 0.2) is 0 Å². The van der Waals surface area contributed by atoms with Crippen LogP contribution in [0.2, 0.25) is 0 Å². The molecule has 1 heterocycles. The van der Waals surface area contributed by atoms with E-state index in [2.05, 4.69) is 14.8 Å². The Kier molecular flexibility index (Phi) is 7.57. The molecule has 1 saturated heterocycles. The van der Waals surface area contributed by atoms with Crippen molar-refractivity contribution in [3.05, 3.63) is 0 Å². The fourth-order valence-electron chi connectivity index (χ4n) is 1.11. The molecule has 15 heavy (non-hydrogen) atoms. The Balaban J connectivity index is 0.000000288. The van der Waals surface area contributed by atoms with Gasteiger partial charge in [0.05, 0.1) is 20.8 Å². The van der Waals surface area contributed by atoms with Crippen molar-refractivity contribution in [3.63, 3.8) is 0 Å².